The van der Waals surface area contributed by atoms with Crippen molar-refractivity contribution in [3.63, 3.8) is 0 Å². The van der Waals surface area contributed by atoms with E-state index in [1.54, 1.807) is 25.3 Å². The van der Waals surface area contributed by atoms with Gasteiger partial charge < -0.3 is 10.6 Å². The highest BCUT2D eigenvalue weighted by Crippen LogP contribution is 2.19. The third-order valence-corrected chi connectivity index (χ3v) is 4.57. The van der Waals surface area contributed by atoms with Gasteiger partial charge in [-0.1, -0.05) is 19.1 Å². The zero-order valence-corrected chi connectivity index (χ0v) is 11.8. The minimum atomic E-state index is -3.07. The maximum absolute atomic E-state index is 11.7. The van der Waals surface area contributed by atoms with E-state index in [1.807, 2.05) is 6.07 Å². The van der Waals surface area contributed by atoms with Crippen LogP contribution in [0.2, 0.25) is 0 Å². The van der Waals surface area contributed by atoms with E-state index in [1.165, 1.54) is 0 Å². The van der Waals surface area contributed by atoms with Gasteiger partial charge in [0.05, 0.1) is 23.2 Å². The number of nitrogens with zero attached hydrogens (tertiary/aromatic N) is 1. The standard InChI is InChI=1S/C12H16N4O3S/c1-2-20(18,19)7-6-13-12(17)15-10-5-3-4-9-8-14-16-11(9)10/h3-5,8H,2,6-7H2,1H3,(H,14,16)(H2,13,15,17). The van der Waals surface area contributed by atoms with E-state index in [9.17, 15) is 13.2 Å². The number of fused-ring (bicyclic) bond motifs is 1. The summed E-state index contributed by atoms with van der Waals surface area (Å²) in [5.74, 6) is 0.00886. The third kappa shape index (κ3) is 3.47. The second-order valence-corrected chi connectivity index (χ2v) is 6.73. The van der Waals surface area contributed by atoms with E-state index in [0.717, 1.165) is 10.9 Å². The van der Waals surface area contributed by atoms with Crippen molar-refractivity contribution in [1.29, 1.82) is 0 Å². The monoisotopic (exact) mass is 296 g/mol. The molecule has 0 fully saturated rings. The van der Waals surface area contributed by atoms with Crippen LogP contribution in [0.15, 0.2) is 24.4 Å². The molecule has 0 aliphatic carbocycles. The van der Waals surface area contributed by atoms with Crippen LogP contribution >= 0.6 is 0 Å². The lowest BCUT2D eigenvalue weighted by molar-refractivity contribution is 0.252. The van der Waals surface area contributed by atoms with Crippen molar-refractivity contribution < 1.29 is 13.2 Å². The number of carbonyl (C=O) groups is 1. The fraction of sp³-hybridized carbons (Fsp3) is 0.333. The average Bonchev–Trinajstić information content (AvgIpc) is 2.88. The van der Waals surface area contributed by atoms with E-state index in [4.69, 9.17) is 0 Å². The van der Waals surface area contributed by atoms with Crippen molar-refractivity contribution in [3.8, 4) is 0 Å². The summed E-state index contributed by atoms with van der Waals surface area (Å²) in [6.07, 6.45) is 1.66. The van der Waals surface area contributed by atoms with Crippen LogP contribution in [0.3, 0.4) is 0 Å². The number of aromatic nitrogens is 2. The van der Waals surface area contributed by atoms with Crippen LogP contribution in [0.25, 0.3) is 10.9 Å². The molecule has 0 aliphatic heterocycles. The average molecular weight is 296 g/mol. The van der Waals surface area contributed by atoms with E-state index < -0.39 is 15.9 Å². The summed E-state index contributed by atoms with van der Waals surface area (Å²) in [5, 5.41) is 12.8. The van der Waals surface area contributed by atoms with Crippen molar-refractivity contribution >= 4 is 32.5 Å². The predicted octanol–water partition coefficient (Wildman–Crippen LogP) is 1.12. The Kier molecular flexibility index (Phi) is 4.23. The number of H-pyrrole nitrogens is 1. The Labute approximate surface area is 116 Å². The molecule has 0 aliphatic rings. The number of anilines is 1. The van der Waals surface area contributed by atoms with E-state index in [0.29, 0.717) is 5.69 Å². The van der Waals surface area contributed by atoms with Crippen LogP contribution in [-0.4, -0.2) is 42.7 Å². The molecule has 0 spiro atoms. The summed E-state index contributed by atoms with van der Waals surface area (Å²) >= 11 is 0. The molecule has 0 radical (unpaired) electrons. The van der Waals surface area contributed by atoms with E-state index in [-0.39, 0.29) is 18.1 Å². The summed E-state index contributed by atoms with van der Waals surface area (Å²) in [6.45, 7) is 1.66. The molecule has 7 nitrogen and oxygen atoms in total. The zero-order valence-electron chi connectivity index (χ0n) is 11.0. The maximum Gasteiger partial charge on any atom is 0.319 e. The van der Waals surface area contributed by atoms with Crippen LogP contribution < -0.4 is 10.6 Å². The molecule has 0 atom stereocenters. The van der Waals surface area contributed by atoms with Gasteiger partial charge in [0.1, 0.15) is 0 Å². The molecule has 1 aromatic heterocycles. The van der Waals surface area contributed by atoms with Crippen molar-refractivity contribution in [3.05, 3.63) is 24.4 Å². The molecular weight excluding hydrogens is 280 g/mol. The summed E-state index contributed by atoms with van der Waals surface area (Å²) in [5.41, 5.74) is 1.32. The number of sulfone groups is 1. The summed E-state index contributed by atoms with van der Waals surface area (Å²) < 4.78 is 22.6. The maximum atomic E-state index is 11.7. The van der Waals surface area contributed by atoms with E-state index in [2.05, 4.69) is 20.8 Å². The number of hydrogen-bond acceptors (Lipinski definition) is 4. The number of nitrogens with one attached hydrogen (secondary N) is 3. The van der Waals surface area contributed by atoms with Crippen LogP contribution in [0.5, 0.6) is 0 Å². The SMILES string of the molecule is CCS(=O)(=O)CCNC(=O)Nc1cccc2cn[nH]c12. The molecule has 0 saturated heterocycles. The lowest BCUT2D eigenvalue weighted by Crippen LogP contribution is -2.33. The third-order valence-electron chi connectivity index (χ3n) is 2.86. The van der Waals surface area contributed by atoms with Gasteiger partial charge >= 0.3 is 6.03 Å². The van der Waals surface area contributed by atoms with Crippen molar-refractivity contribution in [2.45, 2.75) is 6.92 Å². The van der Waals surface area contributed by atoms with Gasteiger partial charge in [0, 0.05) is 17.7 Å². The lowest BCUT2D eigenvalue weighted by atomic mass is 10.2. The quantitative estimate of drug-likeness (QED) is 0.769. The fourth-order valence-electron chi connectivity index (χ4n) is 1.70. The molecule has 0 saturated carbocycles. The number of benzene rings is 1. The molecule has 2 amide bonds. The summed E-state index contributed by atoms with van der Waals surface area (Å²) in [4.78, 5) is 11.7. The van der Waals surface area contributed by atoms with Gasteiger partial charge in [-0.2, -0.15) is 5.10 Å². The Morgan fingerprint density at radius 1 is 1.40 bits per heavy atom. The molecule has 2 aromatic rings. The van der Waals surface area contributed by atoms with Crippen LogP contribution in [-0.2, 0) is 9.84 Å². The number of rotatable bonds is 5. The lowest BCUT2D eigenvalue weighted by Gasteiger charge is -2.08. The van der Waals surface area contributed by atoms with E-state index >= 15 is 0 Å². The Balaban J connectivity index is 1.94. The first-order chi connectivity index (χ1) is 9.52. The molecule has 0 bridgehead atoms. The number of hydrogen-bond donors (Lipinski definition) is 3. The number of aromatic amines is 1. The number of urea groups is 1. The Morgan fingerprint density at radius 2 is 2.20 bits per heavy atom. The van der Waals surface area contributed by atoms with Gasteiger partial charge in [0.15, 0.2) is 9.84 Å². The van der Waals surface area contributed by atoms with Crippen LogP contribution in [0, 0.1) is 0 Å². The molecule has 8 heteroatoms. The number of amides is 2. The van der Waals surface area contributed by atoms with Crippen LogP contribution in [0.1, 0.15) is 6.92 Å². The topological polar surface area (TPSA) is 104 Å². The highest BCUT2D eigenvalue weighted by Gasteiger charge is 2.09. The fourth-order valence-corrected chi connectivity index (χ4v) is 2.41. The molecular formula is C12H16N4O3S. The Hall–Kier alpha value is -2.09. The minimum absolute atomic E-state index is 0.0643. The second-order valence-electron chi connectivity index (χ2n) is 4.26. The smallest absolute Gasteiger partial charge is 0.319 e. The minimum Gasteiger partial charge on any atom is -0.337 e. The first kappa shape index (κ1) is 14.3. The van der Waals surface area contributed by atoms with Gasteiger partial charge in [-0.05, 0) is 6.07 Å². The molecule has 2 rings (SSSR count). The van der Waals surface area contributed by atoms with Gasteiger partial charge in [0.25, 0.3) is 0 Å². The highest BCUT2D eigenvalue weighted by molar-refractivity contribution is 7.91. The molecule has 3 N–H and O–H groups in total. The summed E-state index contributed by atoms with van der Waals surface area (Å²) in [7, 11) is -3.07. The second kappa shape index (κ2) is 5.91. The number of para-hydroxylation sites is 1. The normalized spacial score (nSPS) is 11.4. The zero-order chi connectivity index (χ0) is 14.6. The number of carbonyl (C=O) groups excluding carboxylic acids is 1. The van der Waals surface area contributed by atoms with Crippen molar-refractivity contribution in [2.24, 2.45) is 0 Å². The largest absolute Gasteiger partial charge is 0.337 e. The molecule has 108 valence electrons. The predicted molar refractivity (Wildman–Crippen MR) is 77.4 cm³/mol. The van der Waals surface area contributed by atoms with Gasteiger partial charge in [0.2, 0.25) is 0 Å². The summed E-state index contributed by atoms with van der Waals surface area (Å²) in [6, 6.07) is 4.96. The van der Waals surface area contributed by atoms with Crippen molar-refractivity contribution in [2.75, 3.05) is 23.4 Å². The van der Waals surface area contributed by atoms with Gasteiger partial charge in [-0.3, -0.25) is 5.10 Å². The molecule has 1 aromatic carbocycles. The first-order valence-corrected chi connectivity index (χ1v) is 8.01. The molecule has 20 heavy (non-hydrogen) atoms. The van der Waals surface area contributed by atoms with Crippen LogP contribution in [0.4, 0.5) is 10.5 Å². The molecule has 0 unspecified atom stereocenters. The van der Waals surface area contributed by atoms with Gasteiger partial charge in [-0.25, -0.2) is 13.2 Å². The van der Waals surface area contributed by atoms with Gasteiger partial charge in [-0.15, -0.1) is 0 Å². The van der Waals surface area contributed by atoms with Crippen molar-refractivity contribution in [1.82, 2.24) is 15.5 Å². The highest BCUT2D eigenvalue weighted by atomic mass is 32.2. The Bertz CT molecular complexity index is 708. The molecule has 1 heterocycles. The first-order valence-electron chi connectivity index (χ1n) is 6.19. The Morgan fingerprint density at radius 3 is 2.95 bits per heavy atom.